The molecule has 0 saturated carbocycles. The Morgan fingerprint density at radius 3 is 2.74 bits per heavy atom. The van der Waals surface area contributed by atoms with Gasteiger partial charge in [0.05, 0.1) is 5.56 Å². The molecule has 0 amide bonds. The van der Waals surface area contributed by atoms with E-state index in [9.17, 15) is 4.79 Å². The van der Waals surface area contributed by atoms with Crippen molar-refractivity contribution >= 4 is 27.6 Å². The van der Waals surface area contributed by atoms with Crippen molar-refractivity contribution in [3.05, 3.63) is 28.2 Å². The zero-order valence-corrected chi connectivity index (χ0v) is 12.5. The predicted octanol–water partition coefficient (Wildman–Crippen LogP) is 3.01. The SMILES string of the molecule is CN(CC1CCOCC1)c1cc(Br)cc(C(=O)O)c1. The van der Waals surface area contributed by atoms with Crippen molar-refractivity contribution in [2.24, 2.45) is 5.92 Å². The number of hydrogen-bond acceptors (Lipinski definition) is 3. The molecule has 1 aromatic rings. The molecule has 1 aliphatic rings. The zero-order chi connectivity index (χ0) is 13.8. The Bertz CT molecular complexity index is 458. The molecule has 1 saturated heterocycles. The van der Waals surface area contributed by atoms with Crippen LogP contribution in [-0.4, -0.2) is 37.9 Å². The number of hydrogen-bond donors (Lipinski definition) is 1. The third-order valence-electron chi connectivity index (χ3n) is 3.44. The lowest BCUT2D eigenvalue weighted by Gasteiger charge is -2.28. The van der Waals surface area contributed by atoms with Crippen LogP contribution in [0.15, 0.2) is 22.7 Å². The Labute approximate surface area is 121 Å². The van der Waals surface area contributed by atoms with Gasteiger partial charge in [0.1, 0.15) is 0 Å². The second-order valence-corrected chi connectivity index (χ2v) is 5.86. The summed E-state index contributed by atoms with van der Waals surface area (Å²) in [4.78, 5) is 13.2. The van der Waals surface area contributed by atoms with Crippen LogP contribution < -0.4 is 4.90 Å². The van der Waals surface area contributed by atoms with Gasteiger partial charge in [0.25, 0.3) is 0 Å². The fourth-order valence-electron chi connectivity index (χ4n) is 2.34. The van der Waals surface area contributed by atoms with E-state index in [2.05, 4.69) is 20.8 Å². The summed E-state index contributed by atoms with van der Waals surface area (Å²) in [6, 6.07) is 5.28. The molecule has 1 aromatic carbocycles. The van der Waals surface area contributed by atoms with Gasteiger partial charge in [0.2, 0.25) is 0 Å². The van der Waals surface area contributed by atoms with Gasteiger partial charge in [0, 0.05) is 37.0 Å². The number of ether oxygens (including phenoxy) is 1. The van der Waals surface area contributed by atoms with Gasteiger partial charge in [-0.25, -0.2) is 4.79 Å². The van der Waals surface area contributed by atoms with Crippen LogP contribution in [0.5, 0.6) is 0 Å². The van der Waals surface area contributed by atoms with E-state index in [1.165, 1.54) is 0 Å². The normalized spacial score (nSPS) is 16.3. The van der Waals surface area contributed by atoms with Crippen molar-refractivity contribution in [2.45, 2.75) is 12.8 Å². The highest BCUT2D eigenvalue weighted by Crippen LogP contribution is 2.24. The van der Waals surface area contributed by atoms with Gasteiger partial charge in [-0.2, -0.15) is 0 Å². The molecule has 1 heterocycles. The van der Waals surface area contributed by atoms with Crippen LogP contribution in [0.2, 0.25) is 0 Å². The van der Waals surface area contributed by atoms with Crippen LogP contribution in [-0.2, 0) is 4.74 Å². The number of rotatable bonds is 4. The minimum absolute atomic E-state index is 0.309. The fraction of sp³-hybridized carbons (Fsp3) is 0.500. The molecule has 5 heteroatoms. The van der Waals surface area contributed by atoms with Crippen LogP contribution in [0.1, 0.15) is 23.2 Å². The molecule has 0 aliphatic carbocycles. The molecule has 1 N–H and O–H groups in total. The number of nitrogens with zero attached hydrogens (tertiary/aromatic N) is 1. The van der Waals surface area contributed by atoms with Crippen LogP contribution in [0.25, 0.3) is 0 Å². The maximum absolute atomic E-state index is 11.1. The number of carboxylic acids is 1. The first-order valence-electron chi connectivity index (χ1n) is 6.39. The molecular weight excluding hydrogens is 310 g/mol. The smallest absolute Gasteiger partial charge is 0.335 e. The van der Waals surface area contributed by atoms with Crippen LogP contribution in [0, 0.1) is 5.92 Å². The average molecular weight is 328 g/mol. The molecule has 0 spiro atoms. The lowest BCUT2D eigenvalue weighted by Crippen LogP contribution is -2.29. The fourth-order valence-corrected chi connectivity index (χ4v) is 2.82. The number of carbonyl (C=O) groups is 1. The van der Waals surface area contributed by atoms with Crippen LogP contribution in [0.3, 0.4) is 0 Å². The molecule has 0 radical (unpaired) electrons. The van der Waals surface area contributed by atoms with Crippen molar-refractivity contribution in [3.8, 4) is 0 Å². The zero-order valence-electron chi connectivity index (χ0n) is 10.9. The number of anilines is 1. The summed E-state index contributed by atoms with van der Waals surface area (Å²) in [6.07, 6.45) is 2.15. The van der Waals surface area contributed by atoms with E-state index in [0.717, 1.165) is 42.8 Å². The second-order valence-electron chi connectivity index (χ2n) is 4.94. The summed E-state index contributed by atoms with van der Waals surface area (Å²) in [5, 5.41) is 9.08. The molecule has 0 bridgehead atoms. The summed E-state index contributed by atoms with van der Waals surface area (Å²) in [6.45, 7) is 2.59. The summed E-state index contributed by atoms with van der Waals surface area (Å²) in [7, 11) is 2.00. The molecular formula is C14H18BrNO3. The van der Waals surface area contributed by atoms with Gasteiger partial charge in [-0.05, 0) is 37.0 Å². The van der Waals surface area contributed by atoms with Crippen molar-refractivity contribution in [1.82, 2.24) is 0 Å². The predicted molar refractivity (Wildman–Crippen MR) is 77.9 cm³/mol. The Morgan fingerprint density at radius 2 is 2.11 bits per heavy atom. The number of halogens is 1. The van der Waals surface area contributed by atoms with Crippen molar-refractivity contribution in [1.29, 1.82) is 0 Å². The van der Waals surface area contributed by atoms with Crippen molar-refractivity contribution in [3.63, 3.8) is 0 Å². The molecule has 19 heavy (non-hydrogen) atoms. The monoisotopic (exact) mass is 327 g/mol. The topological polar surface area (TPSA) is 49.8 Å². The average Bonchev–Trinajstić information content (AvgIpc) is 2.39. The molecule has 4 nitrogen and oxygen atoms in total. The van der Waals surface area contributed by atoms with Gasteiger partial charge in [-0.15, -0.1) is 0 Å². The van der Waals surface area contributed by atoms with E-state index < -0.39 is 5.97 Å². The Hall–Kier alpha value is -1.07. The van der Waals surface area contributed by atoms with E-state index in [1.54, 1.807) is 12.1 Å². The minimum Gasteiger partial charge on any atom is -0.478 e. The molecule has 0 unspecified atom stereocenters. The third-order valence-corrected chi connectivity index (χ3v) is 3.90. The maximum Gasteiger partial charge on any atom is 0.335 e. The molecule has 0 atom stereocenters. The van der Waals surface area contributed by atoms with E-state index in [-0.39, 0.29) is 0 Å². The first-order chi connectivity index (χ1) is 9.06. The van der Waals surface area contributed by atoms with E-state index >= 15 is 0 Å². The summed E-state index contributed by atoms with van der Waals surface area (Å²) in [5.74, 6) is -0.284. The Morgan fingerprint density at radius 1 is 1.42 bits per heavy atom. The number of aromatic carboxylic acids is 1. The summed E-state index contributed by atoms with van der Waals surface area (Å²) in [5.41, 5.74) is 1.24. The largest absolute Gasteiger partial charge is 0.478 e. The van der Waals surface area contributed by atoms with E-state index in [4.69, 9.17) is 9.84 Å². The van der Waals surface area contributed by atoms with Gasteiger partial charge in [0.15, 0.2) is 0 Å². The highest BCUT2D eigenvalue weighted by molar-refractivity contribution is 9.10. The molecule has 1 aliphatic heterocycles. The standard InChI is InChI=1S/C14H18BrNO3/c1-16(9-10-2-4-19-5-3-10)13-7-11(14(17)18)6-12(15)8-13/h6-8,10H,2-5,9H2,1H3,(H,17,18). The van der Waals surface area contributed by atoms with Gasteiger partial charge in [-0.1, -0.05) is 15.9 Å². The van der Waals surface area contributed by atoms with Crippen LogP contribution in [0.4, 0.5) is 5.69 Å². The third kappa shape index (κ3) is 3.94. The first kappa shape index (κ1) is 14.3. The summed E-state index contributed by atoms with van der Waals surface area (Å²) >= 11 is 3.36. The van der Waals surface area contributed by atoms with Crippen LogP contribution >= 0.6 is 15.9 Å². The maximum atomic E-state index is 11.1. The van der Waals surface area contributed by atoms with Crippen molar-refractivity contribution in [2.75, 3.05) is 31.7 Å². The van der Waals surface area contributed by atoms with Gasteiger partial charge in [-0.3, -0.25) is 0 Å². The van der Waals surface area contributed by atoms with E-state index in [1.807, 2.05) is 13.1 Å². The lowest BCUT2D eigenvalue weighted by atomic mass is 9.99. The highest BCUT2D eigenvalue weighted by Gasteiger charge is 2.17. The van der Waals surface area contributed by atoms with E-state index in [0.29, 0.717) is 11.5 Å². The number of benzene rings is 1. The van der Waals surface area contributed by atoms with Gasteiger partial charge >= 0.3 is 5.97 Å². The summed E-state index contributed by atoms with van der Waals surface area (Å²) < 4.78 is 6.15. The molecule has 104 valence electrons. The lowest BCUT2D eigenvalue weighted by molar-refractivity contribution is 0.0685. The molecule has 0 aromatic heterocycles. The second kappa shape index (κ2) is 6.39. The molecule has 1 fully saturated rings. The Kier molecular flexibility index (Phi) is 4.82. The highest BCUT2D eigenvalue weighted by atomic mass is 79.9. The molecule has 2 rings (SSSR count). The Balaban J connectivity index is 2.09. The quantitative estimate of drug-likeness (QED) is 0.923. The van der Waals surface area contributed by atoms with Crippen molar-refractivity contribution < 1.29 is 14.6 Å². The van der Waals surface area contributed by atoms with Gasteiger partial charge < -0.3 is 14.7 Å². The first-order valence-corrected chi connectivity index (χ1v) is 7.18. The number of carboxylic acid groups (broad SMARTS) is 1. The minimum atomic E-state index is -0.901.